The summed E-state index contributed by atoms with van der Waals surface area (Å²) < 4.78 is 5.46. The SMILES string of the molecule is COc1ccccc1CN1CCCC1c1[nH]ncc1C. The lowest BCUT2D eigenvalue weighted by molar-refractivity contribution is 0.240. The van der Waals surface area contributed by atoms with Crippen molar-refractivity contribution in [2.45, 2.75) is 32.4 Å². The van der Waals surface area contributed by atoms with E-state index in [1.54, 1.807) is 7.11 Å². The van der Waals surface area contributed by atoms with Crippen LogP contribution in [0.3, 0.4) is 0 Å². The van der Waals surface area contributed by atoms with Gasteiger partial charge in [0.25, 0.3) is 0 Å². The van der Waals surface area contributed by atoms with Crippen LogP contribution < -0.4 is 4.74 Å². The molecule has 1 unspecified atom stereocenters. The molecule has 2 aromatic rings. The van der Waals surface area contributed by atoms with Gasteiger partial charge in [0.05, 0.1) is 25.0 Å². The number of H-pyrrole nitrogens is 1. The lowest BCUT2D eigenvalue weighted by atomic mass is 10.1. The summed E-state index contributed by atoms with van der Waals surface area (Å²) in [5, 5.41) is 7.33. The Balaban J connectivity index is 1.81. The van der Waals surface area contributed by atoms with Crippen molar-refractivity contribution < 1.29 is 4.74 Å². The highest BCUT2D eigenvalue weighted by atomic mass is 16.5. The second kappa shape index (κ2) is 5.67. The number of ether oxygens (including phenoxy) is 1. The van der Waals surface area contributed by atoms with Gasteiger partial charge in [-0.1, -0.05) is 18.2 Å². The fourth-order valence-electron chi connectivity index (χ4n) is 3.09. The number of benzene rings is 1. The van der Waals surface area contributed by atoms with Crippen LogP contribution in [0.2, 0.25) is 0 Å². The summed E-state index contributed by atoms with van der Waals surface area (Å²) in [5.41, 5.74) is 3.76. The molecule has 20 heavy (non-hydrogen) atoms. The van der Waals surface area contributed by atoms with Crippen LogP contribution in [0.25, 0.3) is 0 Å². The van der Waals surface area contributed by atoms with E-state index in [1.165, 1.54) is 29.7 Å². The van der Waals surface area contributed by atoms with Gasteiger partial charge >= 0.3 is 0 Å². The van der Waals surface area contributed by atoms with Crippen LogP contribution in [0.1, 0.15) is 35.7 Å². The number of hydrogen-bond acceptors (Lipinski definition) is 3. The zero-order chi connectivity index (χ0) is 13.9. The summed E-state index contributed by atoms with van der Waals surface area (Å²) in [4.78, 5) is 2.51. The summed E-state index contributed by atoms with van der Waals surface area (Å²) in [6, 6.07) is 8.71. The second-order valence-corrected chi connectivity index (χ2v) is 5.41. The van der Waals surface area contributed by atoms with Crippen molar-refractivity contribution in [2.24, 2.45) is 0 Å². The predicted octanol–water partition coefficient (Wildman–Crippen LogP) is 3.06. The number of hydrogen-bond donors (Lipinski definition) is 1. The Labute approximate surface area is 119 Å². The number of rotatable bonds is 4. The molecule has 1 aromatic heterocycles. The number of aromatic nitrogens is 2. The van der Waals surface area contributed by atoms with Crippen LogP contribution in [0, 0.1) is 6.92 Å². The highest BCUT2D eigenvalue weighted by Gasteiger charge is 2.28. The molecule has 1 atom stereocenters. The molecule has 1 fully saturated rings. The Kier molecular flexibility index (Phi) is 3.74. The first-order chi connectivity index (χ1) is 9.79. The molecule has 0 radical (unpaired) electrons. The lowest BCUT2D eigenvalue weighted by Crippen LogP contribution is -2.23. The summed E-state index contributed by atoms with van der Waals surface area (Å²) in [6.45, 7) is 4.17. The highest BCUT2D eigenvalue weighted by Crippen LogP contribution is 2.34. The molecule has 106 valence electrons. The topological polar surface area (TPSA) is 41.1 Å². The zero-order valence-corrected chi connectivity index (χ0v) is 12.1. The third kappa shape index (κ3) is 2.43. The average molecular weight is 271 g/mol. The molecule has 1 aromatic carbocycles. The van der Waals surface area contributed by atoms with E-state index in [4.69, 9.17) is 4.74 Å². The number of methoxy groups -OCH3 is 1. The van der Waals surface area contributed by atoms with E-state index in [9.17, 15) is 0 Å². The number of para-hydroxylation sites is 1. The number of aryl methyl sites for hydroxylation is 1. The Hall–Kier alpha value is -1.81. The van der Waals surface area contributed by atoms with Gasteiger partial charge in [-0.15, -0.1) is 0 Å². The van der Waals surface area contributed by atoms with E-state index < -0.39 is 0 Å². The largest absolute Gasteiger partial charge is 0.496 e. The Morgan fingerprint density at radius 1 is 1.40 bits per heavy atom. The maximum atomic E-state index is 5.46. The molecule has 0 aliphatic carbocycles. The van der Waals surface area contributed by atoms with E-state index in [0.717, 1.165) is 18.8 Å². The Morgan fingerprint density at radius 2 is 2.25 bits per heavy atom. The van der Waals surface area contributed by atoms with Crippen molar-refractivity contribution in [1.29, 1.82) is 0 Å². The van der Waals surface area contributed by atoms with E-state index in [1.807, 2.05) is 18.3 Å². The van der Waals surface area contributed by atoms with Gasteiger partial charge in [-0.05, 0) is 37.9 Å². The molecule has 4 nitrogen and oxygen atoms in total. The first-order valence-electron chi connectivity index (χ1n) is 7.15. The minimum atomic E-state index is 0.447. The van der Waals surface area contributed by atoms with E-state index >= 15 is 0 Å². The van der Waals surface area contributed by atoms with Gasteiger partial charge in [0, 0.05) is 12.1 Å². The molecule has 1 saturated heterocycles. The predicted molar refractivity (Wildman–Crippen MR) is 78.7 cm³/mol. The molecule has 1 aliphatic rings. The summed E-state index contributed by atoms with van der Waals surface area (Å²) >= 11 is 0. The quantitative estimate of drug-likeness (QED) is 0.929. The van der Waals surface area contributed by atoms with E-state index in [2.05, 4.69) is 34.2 Å². The molecular weight excluding hydrogens is 250 g/mol. The van der Waals surface area contributed by atoms with Gasteiger partial charge in [-0.3, -0.25) is 10.00 Å². The van der Waals surface area contributed by atoms with E-state index in [-0.39, 0.29) is 0 Å². The first kappa shape index (κ1) is 13.2. The van der Waals surface area contributed by atoms with Crippen molar-refractivity contribution in [3.05, 3.63) is 47.3 Å². The molecule has 1 aliphatic heterocycles. The van der Waals surface area contributed by atoms with Gasteiger partial charge in [0.1, 0.15) is 5.75 Å². The zero-order valence-electron chi connectivity index (χ0n) is 12.1. The van der Waals surface area contributed by atoms with Crippen LogP contribution in [0.15, 0.2) is 30.5 Å². The van der Waals surface area contributed by atoms with Gasteiger partial charge < -0.3 is 4.74 Å². The third-order valence-electron chi connectivity index (χ3n) is 4.13. The molecule has 0 amide bonds. The molecule has 0 saturated carbocycles. The molecular formula is C16H21N3O. The first-order valence-corrected chi connectivity index (χ1v) is 7.15. The minimum absolute atomic E-state index is 0.447. The lowest BCUT2D eigenvalue weighted by Gasteiger charge is -2.25. The monoisotopic (exact) mass is 271 g/mol. The van der Waals surface area contributed by atoms with Crippen LogP contribution in [-0.4, -0.2) is 28.8 Å². The fraction of sp³-hybridized carbons (Fsp3) is 0.438. The maximum absolute atomic E-state index is 5.46. The Morgan fingerprint density at radius 3 is 3.00 bits per heavy atom. The normalized spacial score (nSPS) is 19.4. The minimum Gasteiger partial charge on any atom is -0.496 e. The third-order valence-corrected chi connectivity index (χ3v) is 4.13. The van der Waals surface area contributed by atoms with Crippen molar-refractivity contribution in [1.82, 2.24) is 15.1 Å². The molecule has 1 N–H and O–H groups in total. The number of likely N-dealkylation sites (tertiary alicyclic amines) is 1. The van der Waals surface area contributed by atoms with Gasteiger partial charge in [0.2, 0.25) is 0 Å². The number of aromatic amines is 1. The second-order valence-electron chi connectivity index (χ2n) is 5.41. The molecule has 2 heterocycles. The number of nitrogens with zero attached hydrogens (tertiary/aromatic N) is 2. The smallest absolute Gasteiger partial charge is 0.123 e. The molecule has 0 spiro atoms. The summed E-state index contributed by atoms with van der Waals surface area (Å²) in [7, 11) is 1.74. The van der Waals surface area contributed by atoms with Crippen LogP contribution in [-0.2, 0) is 6.54 Å². The van der Waals surface area contributed by atoms with Gasteiger partial charge in [-0.25, -0.2) is 0 Å². The van der Waals surface area contributed by atoms with Crippen LogP contribution >= 0.6 is 0 Å². The standard InChI is InChI=1S/C16H21N3O/c1-12-10-17-18-16(12)14-7-5-9-19(14)11-13-6-3-4-8-15(13)20-2/h3-4,6,8,10,14H,5,7,9,11H2,1-2H3,(H,17,18). The summed E-state index contributed by atoms with van der Waals surface area (Å²) in [5.74, 6) is 0.972. The highest BCUT2D eigenvalue weighted by molar-refractivity contribution is 5.33. The van der Waals surface area contributed by atoms with Crippen molar-refractivity contribution in [2.75, 3.05) is 13.7 Å². The van der Waals surface area contributed by atoms with Crippen molar-refractivity contribution in [3.63, 3.8) is 0 Å². The summed E-state index contributed by atoms with van der Waals surface area (Å²) in [6.07, 6.45) is 4.34. The Bertz CT molecular complexity index is 579. The van der Waals surface area contributed by atoms with Gasteiger partial charge in [-0.2, -0.15) is 5.10 Å². The van der Waals surface area contributed by atoms with E-state index in [0.29, 0.717) is 6.04 Å². The molecule has 4 heteroatoms. The van der Waals surface area contributed by atoms with Crippen LogP contribution in [0.4, 0.5) is 0 Å². The van der Waals surface area contributed by atoms with Crippen molar-refractivity contribution >= 4 is 0 Å². The van der Waals surface area contributed by atoms with Gasteiger partial charge in [0.15, 0.2) is 0 Å². The number of nitrogens with one attached hydrogen (secondary N) is 1. The molecule has 3 rings (SSSR count). The maximum Gasteiger partial charge on any atom is 0.123 e. The van der Waals surface area contributed by atoms with Crippen molar-refractivity contribution in [3.8, 4) is 5.75 Å². The average Bonchev–Trinajstić information content (AvgIpc) is 3.08. The molecule has 0 bridgehead atoms. The van der Waals surface area contributed by atoms with Crippen LogP contribution in [0.5, 0.6) is 5.75 Å². The fourth-order valence-corrected chi connectivity index (χ4v) is 3.09.